The summed E-state index contributed by atoms with van der Waals surface area (Å²) in [5, 5.41) is 4.17. The predicted molar refractivity (Wildman–Crippen MR) is 129 cm³/mol. The Morgan fingerprint density at radius 1 is 1.24 bits per heavy atom. The lowest BCUT2D eigenvalue weighted by molar-refractivity contribution is -0.133. The van der Waals surface area contributed by atoms with Gasteiger partial charge < -0.3 is 19.9 Å². The average molecular weight is 488 g/mol. The standard InChI is InChI=1S/C25H31ClFN5O2/c1-16-12-21(27)23-22(16)24(30-15-29-23)31-7-9-32(10-8-31)25(33)20(13-28-19-6-11-34-14-19)17-2-4-18(26)5-3-17/h2-5,15-16,19-21,28H,6-14H2,1H3/t16-,19?,20?,21-/m1/s1. The van der Waals surface area contributed by atoms with Gasteiger partial charge in [0.05, 0.1) is 18.2 Å². The first-order valence-corrected chi connectivity index (χ1v) is 12.5. The Labute approximate surface area is 204 Å². The lowest BCUT2D eigenvalue weighted by Gasteiger charge is -2.38. The van der Waals surface area contributed by atoms with Crippen molar-refractivity contribution >= 4 is 23.3 Å². The largest absolute Gasteiger partial charge is 0.380 e. The van der Waals surface area contributed by atoms with Gasteiger partial charge in [-0.15, -0.1) is 0 Å². The number of hydrogen-bond acceptors (Lipinski definition) is 6. The molecule has 5 rings (SSSR count). The van der Waals surface area contributed by atoms with Gasteiger partial charge in [-0.05, 0) is 36.5 Å². The number of aromatic nitrogens is 2. The zero-order chi connectivity index (χ0) is 23.7. The van der Waals surface area contributed by atoms with Crippen molar-refractivity contribution in [3.8, 4) is 0 Å². The van der Waals surface area contributed by atoms with Gasteiger partial charge in [0.15, 0.2) is 0 Å². The van der Waals surface area contributed by atoms with Crippen LogP contribution < -0.4 is 10.2 Å². The molecule has 182 valence electrons. The third-order valence-electron chi connectivity index (χ3n) is 7.25. The Morgan fingerprint density at radius 2 is 2.00 bits per heavy atom. The fourth-order valence-electron chi connectivity index (χ4n) is 5.30. The summed E-state index contributed by atoms with van der Waals surface area (Å²) in [5.41, 5.74) is 2.41. The minimum absolute atomic E-state index is 0.0980. The molecule has 9 heteroatoms. The van der Waals surface area contributed by atoms with Crippen molar-refractivity contribution in [2.24, 2.45) is 0 Å². The lowest BCUT2D eigenvalue weighted by atomic mass is 9.96. The first-order valence-electron chi connectivity index (χ1n) is 12.1. The van der Waals surface area contributed by atoms with Crippen LogP contribution >= 0.6 is 11.6 Å². The third-order valence-corrected chi connectivity index (χ3v) is 7.50. The normalized spacial score (nSPS) is 25.4. The van der Waals surface area contributed by atoms with Crippen molar-refractivity contribution in [1.82, 2.24) is 20.2 Å². The van der Waals surface area contributed by atoms with Crippen LogP contribution in [0.25, 0.3) is 0 Å². The van der Waals surface area contributed by atoms with E-state index in [0.717, 1.165) is 30.0 Å². The quantitative estimate of drug-likeness (QED) is 0.673. The molecule has 3 aliphatic rings. The zero-order valence-corrected chi connectivity index (χ0v) is 20.2. The van der Waals surface area contributed by atoms with Crippen LogP contribution in [0.15, 0.2) is 30.6 Å². The fourth-order valence-corrected chi connectivity index (χ4v) is 5.42. The first-order chi connectivity index (χ1) is 16.5. The molecule has 1 amide bonds. The monoisotopic (exact) mass is 487 g/mol. The molecule has 4 atom stereocenters. The number of nitrogens with zero attached hydrogens (tertiary/aromatic N) is 4. The van der Waals surface area contributed by atoms with Crippen LogP contribution in [0.4, 0.5) is 10.2 Å². The van der Waals surface area contributed by atoms with Gasteiger partial charge >= 0.3 is 0 Å². The number of halogens is 2. The van der Waals surface area contributed by atoms with E-state index in [1.807, 2.05) is 36.1 Å². The Hall–Kier alpha value is -2.29. The number of fused-ring (bicyclic) bond motifs is 1. The number of piperazine rings is 1. The minimum atomic E-state index is -1.02. The minimum Gasteiger partial charge on any atom is -0.380 e. The number of alkyl halides is 1. The van der Waals surface area contributed by atoms with E-state index in [9.17, 15) is 9.18 Å². The summed E-state index contributed by atoms with van der Waals surface area (Å²) in [6.07, 6.45) is 1.86. The van der Waals surface area contributed by atoms with Crippen molar-refractivity contribution in [3.05, 3.63) is 52.4 Å². The molecule has 1 aromatic heterocycles. The molecule has 34 heavy (non-hydrogen) atoms. The van der Waals surface area contributed by atoms with Crippen molar-refractivity contribution in [2.45, 2.75) is 43.8 Å². The van der Waals surface area contributed by atoms with Gasteiger partial charge in [0, 0.05) is 56.0 Å². The van der Waals surface area contributed by atoms with Crippen LogP contribution in [0, 0.1) is 0 Å². The summed E-state index contributed by atoms with van der Waals surface area (Å²) < 4.78 is 19.8. The molecule has 1 N–H and O–H groups in total. The first kappa shape index (κ1) is 23.5. The molecule has 3 heterocycles. The molecule has 1 aromatic carbocycles. The van der Waals surface area contributed by atoms with E-state index < -0.39 is 6.17 Å². The summed E-state index contributed by atoms with van der Waals surface area (Å²) in [7, 11) is 0. The lowest BCUT2D eigenvalue weighted by Crippen LogP contribution is -2.51. The maximum absolute atomic E-state index is 14.4. The summed E-state index contributed by atoms with van der Waals surface area (Å²) in [5.74, 6) is 0.737. The van der Waals surface area contributed by atoms with Crippen molar-refractivity contribution in [1.29, 1.82) is 0 Å². The van der Waals surface area contributed by atoms with Gasteiger partial charge in [0.25, 0.3) is 0 Å². The molecule has 0 radical (unpaired) electrons. The molecule has 7 nitrogen and oxygen atoms in total. The van der Waals surface area contributed by atoms with Crippen molar-refractivity contribution in [2.75, 3.05) is 50.8 Å². The predicted octanol–water partition coefficient (Wildman–Crippen LogP) is 3.46. The molecule has 0 spiro atoms. The van der Waals surface area contributed by atoms with Gasteiger partial charge in [-0.1, -0.05) is 30.7 Å². The Kier molecular flexibility index (Phi) is 6.99. The van der Waals surface area contributed by atoms with E-state index >= 15 is 0 Å². The van der Waals surface area contributed by atoms with Crippen LogP contribution in [0.2, 0.25) is 5.02 Å². The Bertz CT molecular complexity index is 1010. The Morgan fingerprint density at radius 3 is 2.71 bits per heavy atom. The number of hydrogen-bond donors (Lipinski definition) is 1. The summed E-state index contributed by atoms with van der Waals surface area (Å²) in [6, 6.07) is 7.83. The zero-order valence-electron chi connectivity index (χ0n) is 19.4. The summed E-state index contributed by atoms with van der Waals surface area (Å²) in [6.45, 7) is 6.55. The fraction of sp³-hybridized carbons (Fsp3) is 0.560. The maximum atomic E-state index is 14.4. The van der Waals surface area contributed by atoms with Crippen LogP contribution in [-0.4, -0.2) is 72.8 Å². The number of ether oxygens (including phenoxy) is 1. The third kappa shape index (κ3) is 4.76. The molecular formula is C25H31ClFN5O2. The highest BCUT2D eigenvalue weighted by molar-refractivity contribution is 6.30. The molecule has 2 fully saturated rings. The maximum Gasteiger partial charge on any atom is 0.231 e. The number of amides is 1. The van der Waals surface area contributed by atoms with Crippen LogP contribution in [0.3, 0.4) is 0 Å². The number of carbonyl (C=O) groups is 1. The van der Waals surface area contributed by atoms with E-state index in [1.165, 1.54) is 6.33 Å². The highest BCUT2D eigenvalue weighted by atomic mass is 35.5. The highest BCUT2D eigenvalue weighted by Crippen LogP contribution is 2.44. The number of nitrogens with one attached hydrogen (secondary N) is 1. The number of carbonyl (C=O) groups excluding carboxylic acids is 1. The van der Waals surface area contributed by atoms with Gasteiger partial charge in [-0.3, -0.25) is 4.79 Å². The smallest absolute Gasteiger partial charge is 0.231 e. The van der Waals surface area contributed by atoms with Gasteiger partial charge in [-0.25, -0.2) is 14.4 Å². The molecule has 1 aliphatic carbocycles. The SMILES string of the molecule is C[C@@H]1C[C@@H](F)c2ncnc(N3CCN(C(=O)C(CNC4CCOC4)c4ccc(Cl)cc4)CC3)c21. The van der Waals surface area contributed by atoms with Gasteiger partial charge in [0.2, 0.25) is 5.91 Å². The van der Waals surface area contributed by atoms with E-state index in [1.54, 1.807) is 0 Å². The van der Waals surface area contributed by atoms with Gasteiger partial charge in [-0.2, -0.15) is 0 Å². The number of rotatable bonds is 6. The van der Waals surface area contributed by atoms with Crippen LogP contribution in [-0.2, 0) is 9.53 Å². The topological polar surface area (TPSA) is 70.6 Å². The van der Waals surface area contributed by atoms with E-state index in [4.69, 9.17) is 16.3 Å². The molecule has 0 saturated carbocycles. The molecule has 2 aromatic rings. The molecular weight excluding hydrogens is 457 g/mol. The van der Waals surface area contributed by atoms with E-state index in [-0.39, 0.29) is 23.8 Å². The second kappa shape index (κ2) is 10.1. The second-order valence-electron chi connectivity index (χ2n) is 9.49. The Balaban J connectivity index is 1.28. The molecule has 2 unspecified atom stereocenters. The second-order valence-corrected chi connectivity index (χ2v) is 9.92. The summed E-state index contributed by atoms with van der Waals surface area (Å²) in [4.78, 5) is 26.5. The van der Waals surface area contributed by atoms with Crippen LogP contribution in [0.1, 0.15) is 54.6 Å². The molecule has 0 bridgehead atoms. The van der Waals surface area contributed by atoms with Gasteiger partial charge in [0.1, 0.15) is 18.3 Å². The van der Waals surface area contributed by atoms with E-state index in [0.29, 0.717) is 56.5 Å². The van der Waals surface area contributed by atoms with Crippen LogP contribution in [0.5, 0.6) is 0 Å². The van der Waals surface area contributed by atoms with Crippen molar-refractivity contribution in [3.63, 3.8) is 0 Å². The number of benzene rings is 1. The average Bonchev–Trinajstić information content (AvgIpc) is 3.48. The summed E-state index contributed by atoms with van der Waals surface area (Å²) >= 11 is 6.09. The number of anilines is 1. The molecule has 2 aliphatic heterocycles. The van der Waals surface area contributed by atoms with Crippen molar-refractivity contribution < 1.29 is 13.9 Å². The highest BCUT2D eigenvalue weighted by Gasteiger charge is 2.36. The molecule has 2 saturated heterocycles. The van der Waals surface area contributed by atoms with E-state index in [2.05, 4.69) is 20.2 Å².